The fourth-order valence-corrected chi connectivity index (χ4v) is 1.31. The van der Waals surface area contributed by atoms with Gasteiger partial charge >= 0.3 is 5.97 Å². The summed E-state index contributed by atoms with van der Waals surface area (Å²) in [5.74, 6) is -0.836. The molecule has 88 valence electrons. The van der Waals surface area contributed by atoms with E-state index in [4.69, 9.17) is 5.73 Å². The second-order valence-electron chi connectivity index (χ2n) is 3.16. The predicted octanol–water partition coefficient (Wildman–Crippen LogP) is 1.57. The monoisotopic (exact) mass is 230 g/mol. The average Bonchev–Trinajstić information content (AvgIpc) is 2.27. The van der Waals surface area contributed by atoms with Gasteiger partial charge in [0, 0.05) is 12.2 Å². The van der Waals surface area contributed by atoms with Gasteiger partial charge in [0.2, 0.25) is 0 Å². The van der Waals surface area contributed by atoms with Crippen LogP contribution in [0.2, 0.25) is 0 Å². The SMILES string of the molecule is COC(=O)c1cc(CN)c(C)nc1C(F)F. The number of methoxy groups -OCH3 is 1. The van der Waals surface area contributed by atoms with Crippen molar-refractivity contribution in [1.29, 1.82) is 0 Å². The van der Waals surface area contributed by atoms with Gasteiger partial charge in [-0.05, 0) is 18.6 Å². The number of aromatic nitrogens is 1. The highest BCUT2D eigenvalue weighted by atomic mass is 19.3. The van der Waals surface area contributed by atoms with Crippen LogP contribution in [0.1, 0.15) is 33.7 Å². The van der Waals surface area contributed by atoms with E-state index in [0.717, 1.165) is 7.11 Å². The molecule has 1 aromatic rings. The molecule has 1 rings (SSSR count). The van der Waals surface area contributed by atoms with E-state index in [1.54, 1.807) is 6.92 Å². The largest absolute Gasteiger partial charge is 0.465 e. The van der Waals surface area contributed by atoms with Crippen LogP contribution in [0.4, 0.5) is 8.78 Å². The van der Waals surface area contributed by atoms with Gasteiger partial charge in [-0.2, -0.15) is 0 Å². The van der Waals surface area contributed by atoms with Gasteiger partial charge in [-0.1, -0.05) is 0 Å². The van der Waals surface area contributed by atoms with Crippen molar-refractivity contribution >= 4 is 5.97 Å². The Morgan fingerprint density at radius 2 is 2.25 bits per heavy atom. The van der Waals surface area contributed by atoms with Crippen molar-refractivity contribution in [3.8, 4) is 0 Å². The zero-order valence-electron chi connectivity index (χ0n) is 8.96. The first-order valence-corrected chi connectivity index (χ1v) is 4.58. The molecule has 6 heteroatoms. The molecule has 0 aromatic carbocycles. The third-order valence-electron chi connectivity index (χ3n) is 2.18. The Bertz CT molecular complexity index is 408. The number of nitrogens with two attached hydrogens (primary N) is 1. The summed E-state index contributed by atoms with van der Waals surface area (Å²) in [5, 5.41) is 0. The summed E-state index contributed by atoms with van der Waals surface area (Å²) >= 11 is 0. The number of nitrogens with zero attached hydrogens (tertiary/aromatic N) is 1. The van der Waals surface area contributed by atoms with E-state index in [-0.39, 0.29) is 12.1 Å². The molecule has 0 aliphatic carbocycles. The van der Waals surface area contributed by atoms with Crippen molar-refractivity contribution in [2.24, 2.45) is 5.73 Å². The van der Waals surface area contributed by atoms with E-state index in [9.17, 15) is 13.6 Å². The van der Waals surface area contributed by atoms with Crippen molar-refractivity contribution in [2.75, 3.05) is 7.11 Å². The minimum absolute atomic E-state index is 0.131. The first kappa shape index (κ1) is 12.5. The van der Waals surface area contributed by atoms with Gasteiger partial charge in [-0.25, -0.2) is 13.6 Å². The number of halogens is 2. The zero-order valence-corrected chi connectivity index (χ0v) is 8.96. The number of carbonyl (C=O) groups excluding carboxylic acids is 1. The second kappa shape index (κ2) is 4.98. The number of aryl methyl sites for hydroxylation is 1. The number of carbonyl (C=O) groups is 1. The van der Waals surface area contributed by atoms with Crippen LogP contribution in [0.3, 0.4) is 0 Å². The highest BCUT2D eigenvalue weighted by Crippen LogP contribution is 2.23. The summed E-state index contributed by atoms with van der Waals surface area (Å²) < 4.78 is 29.7. The van der Waals surface area contributed by atoms with E-state index >= 15 is 0 Å². The third-order valence-corrected chi connectivity index (χ3v) is 2.18. The summed E-state index contributed by atoms with van der Waals surface area (Å²) in [4.78, 5) is 15.0. The lowest BCUT2D eigenvalue weighted by Crippen LogP contribution is -2.12. The van der Waals surface area contributed by atoms with E-state index in [1.165, 1.54) is 6.07 Å². The molecule has 0 unspecified atom stereocenters. The standard InChI is InChI=1S/C10H12F2N2O2/c1-5-6(4-13)3-7(10(15)16-2)8(14-5)9(11)12/h3,9H,4,13H2,1-2H3. The van der Waals surface area contributed by atoms with Crippen molar-refractivity contribution < 1.29 is 18.3 Å². The first-order valence-electron chi connectivity index (χ1n) is 4.58. The average molecular weight is 230 g/mol. The molecule has 1 aromatic heterocycles. The number of alkyl halides is 2. The highest BCUT2D eigenvalue weighted by Gasteiger charge is 2.22. The summed E-state index contributed by atoms with van der Waals surface area (Å²) in [7, 11) is 1.12. The Labute approximate surface area is 91.4 Å². The summed E-state index contributed by atoms with van der Waals surface area (Å²) in [6.45, 7) is 1.70. The van der Waals surface area contributed by atoms with Crippen LogP contribution in [0.15, 0.2) is 6.07 Å². The molecule has 0 radical (unpaired) electrons. The second-order valence-corrected chi connectivity index (χ2v) is 3.16. The Kier molecular flexibility index (Phi) is 3.89. The molecule has 0 saturated heterocycles. The third kappa shape index (κ3) is 2.33. The molecule has 2 N–H and O–H groups in total. The maximum atomic E-state index is 12.6. The summed E-state index contributed by atoms with van der Waals surface area (Å²) in [5.41, 5.74) is 5.55. The fourth-order valence-electron chi connectivity index (χ4n) is 1.31. The lowest BCUT2D eigenvalue weighted by Gasteiger charge is -2.10. The topological polar surface area (TPSA) is 65.2 Å². The van der Waals surface area contributed by atoms with Crippen LogP contribution in [-0.2, 0) is 11.3 Å². The molecule has 0 spiro atoms. The number of esters is 1. The van der Waals surface area contributed by atoms with Crippen LogP contribution < -0.4 is 5.73 Å². The number of hydrogen-bond donors (Lipinski definition) is 1. The quantitative estimate of drug-likeness (QED) is 0.800. The normalized spacial score (nSPS) is 10.6. The molecule has 0 aliphatic rings. The van der Waals surface area contributed by atoms with Crippen LogP contribution in [0.25, 0.3) is 0 Å². The lowest BCUT2D eigenvalue weighted by molar-refractivity contribution is 0.0587. The van der Waals surface area contributed by atoms with Gasteiger partial charge in [0.15, 0.2) is 0 Å². The van der Waals surface area contributed by atoms with Gasteiger partial charge in [-0.3, -0.25) is 4.98 Å². The van der Waals surface area contributed by atoms with E-state index in [2.05, 4.69) is 9.72 Å². The van der Waals surface area contributed by atoms with Crippen molar-refractivity contribution in [2.45, 2.75) is 19.9 Å². The van der Waals surface area contributed by atoms with E-state index in [0.29, 0.717) is 11.3 Å². The molecule has 0 fully saturated rings. The Hall–Kier alpha value is -1.56. The first-order chi connectivity index (χ1) is 7.51. The molecule has 0 amide bonds. The molecule has 0 bridgehead atoms. The molecule has 0 atom stereocenters. The fraction of sp³-hybridized carbons (Fsp3) is 0.400. The molecule has 4 nitrogen and oxygen atoms in total. The van der Waals surface area contributed by atoms with Crippen molar-refractivity contribution in [3.63, 3.8) is 0 Å². The van der Waals surface area contributed by atoms with Gasteiger partial charge < -0.3 is 10.5 Å². The van der Waals surface area contributed by atoms with Crippen LogP contribution in [-0.4, -0.2) is 18.1 Å². The predicted molar refractivity (Wildman–Crippen MR) is 53.2 cm³/mol. The summed E-state index contributed by atoms with van der Waals surface area (Å²) in [6, 6.07) is 1.30. The minimum Gasteiger partial charge on any atom is -0.465 e. The van der Waals surface area contributed by atoms with Gasteiger partial charge in [0.1, 0.15) is 5.69 Å². The highest BCUT2D eigenvalue weighted by molar-refractivity contribution is 5.90. The van der Waals surface area contributed by atoms with E-state index < -0.39 is 18.1 Å². The van der Waals surface area contributed by atoms with Gasteiger partial charge in [0.05, 0.1) is 12.7 Å². The van der Waals surface area contributed by atoms with E-state index in [1.807, 2.05) is 0 Å². The molecule has 0 saturated carbocycles. The van der Waals surface area contributed by atoms with Crippen LogP contribution >= 0.6 is 0 Å². The lowest BCUT2D eigenvalue weighted by atomic mass is 10.1. The molecular weight excluding hydrogens is 218 g/mol. The Morgan fingerprint density at radius 1 is 1.62 bits per heavy atom. The number of hydrogen-bond acceptors (Lipinski definition) is 4. The van der Waals surface area contributed by atoms with Crippen LogP contribution in [0, 0.1) is 6.92 Å². The molecule has 0 aliphatic heterocycles. The number of rotatable bonds is 3. The minimum atomic E-state index is -2.82. The number of pyridine rings is 1. The van der Waals surface area contributed by atoms with Gasteiger partial charge in [-0.15, -0.1) is 0 Å². The van der Waals surface area contributed by atoms with Gasteiger partial charge in [0.25, 0.3) is 6.43 Å². The van der Waals surface area contributed by atoms with Crippen molar-refractivity contribution in [3.05, 3.63) is 28.6 Å². The zero-order chi connectivity index (χ0) is 12.3. The molecule has 16 heavy (non-hydrogen) atoms. The maximum absolute atomic E-state index is 12.6. The number of ether oxygens (including phenoxy) is 1. The van der Waals surface area contributed by atoms with Crippen molar-refractivity contribution in [1.82, 2.24) is 4.98 Å². The smallest absolute Gasteiger partial charge is 0.339 e. The Balaban J connectivity index is 3.36. The Morgan fingerprint density at radius 3 is 2.69 bits per heavy atom. The summed E-state index contributed by atoms with van der Waals surface area (Å²) in [6.07, 6.45) is -2.82. The molecular formula is C10H12F2N2O2. The van der Waals surface area contributed by atoms with Crippen LogP contribution in [0.5, 0.6) is 0 Å². The maximum Gasteiger partial charge on any atom is 0.339 e. The molecule has 1 heterocycles.